The van der Waals surface area contributed by atoms with Gasteiger partial charge in [-0.3, -0.25) is 4.79 Å². The van der Waals surface area contributed by atoms with Crippen LogP contribution in [0.25, 0.3) is 22.0 Å². The fourth-order valence-electron chi connectivity index (χ4n) is 2.52. The Hall–Kier alpha value is -2.27. The van der Waals surface area contributed by atoms with E-state index in [0.29, 0.717) is 5.52 Å². The van der Waals surface area contributed by atoms with Crippen molar-refractivity contribution < 1.29 is 13.2 Å². The lowest BCUT2D eigenvalue weighted by Crippen LogP contribution is -2.19. The first-order valence-corrected chi connectivity index (χ1v) is 7.13. The van der Waals surface area contributed by atoms with E-state index in [1.54, 1.807) is 37.4 Å². The molecule has 0 atom stereocenters. The molecule has 3 aromatic rings. The Morgan fingerprint density at radius 3 is 2.39 bits per heavy atom. The highest BCUT2D eigenvalue weighted by molar-refractivity contribution is 6.33. The maximum absolute atomic E-state index is 12.9. The zero-order valence-electron chi connectivity index (χ0n) is 12.0. The number of hydrogen-bond donors (Lipinski definition) is 0. The maximum Gasteiger partial charge on any atom is 0.416 e. The molecule has 0 aliphatic heterocycles. The Kier molecular flexibility index (Phi) is 3.68. The summed E-state index contributed by atoms with van der Waals surface area (Å²) in [6.07, 6.45) is -4.50. The number of rotatable bonds is 1. The smallest absolute Gasteiger partial charge is 0.311 e. The average molecular weight is 338 g/mol. The van der Waals surface area contributed by atoms with Gasteiger partial charge in [0.05, 0.1) is 11.1 Å². The van der Waals surface area contributed by atoms with Crippen LogP contribution >= 0.6 is 11.6 Å². The number of pyridine rings is 1. The van der Waals surface area contributed by atoms with E-state index in [-0.39, 0.29) is 16.1 Å². The number of hydrogen-bond acceptors (Lipinski definition) is 1. The largest absolute Gasteiger partial charge is 0.416 e. The molecule has 0 N–H and O–H groups in total. The van der Waals surface area contributed by atoms with Crippen molar-refractivity contribution in [3.8, 4) is 11.1 Å². The van der Waals surface area contributed by atoms with Gasteiger partial charge in [-0.15, -0.1) is 0 Å². The van der Waals surface area contributed by atoms with Crippen LogP contribution in [0.4, 0.5) is 13.2 Å². The molecule has 3 rings (SSSR count). The monoisotopic (exact) mass is 337 g/mol. The van der Waals surface area contributed by atoms with Crippen molar-refractivity contribution in [3.05, 3.63) is 69.5 Å². The molecule has 118 valence electrons. The van der Waals surface area contributed by atoms with Crippen LogP contribution in [-0.4, -0.2) is 4.57 Å². The van der Waals surface area contributed by atoms with E-state index in [2.05, 4.69) is 0 Å². The molecule has 0 radical (unpaired) electrons. The predicted molar refractivity (Wildman–Crippen MR) is 84.6 cm³/mol. The van der Waals surface area contributed by atoms with Gasteiger partial charge in [-0.1, -0.05) is 29.8 Å². The van der Waals surface area contributed by atoms with Gasteiger partial charge >= 0.3 is 6.18 Å². The molecule has 0 bridgehead atoms. The second-order valence-electron chi connectivity index (χ2n) is 5.17. The number of aromatic nitrogens is 1. The van der Waals surface area contributed by atoms with Crippen molar-refractivity contribution in [2.75, 3.05) is 0 Å². The van der Waals surface area contributed by atoms with Crippen molar-refractivity contribution in [1.82, 2.24) is 4.57 Å². The Labute approximate surface area is 134 Å². The topological polar surface area (TPSA) is 22.0 Å². The highest BCUT2D eigenvalue weighted by Gasteiger charge is 2.31. The Bertz CT molecular complexity index is 960. The van der Waals surface area contributed by atoms with Gasteiger partial charge in [-0.05, 0) is 35.7 Å². The molecule has 0 saturated heterocycles. The molecule has 2 nitrogen and oxygen atoms in total. The highest BCUT2D eigenvalue weighted by atomic mass is 35.5. The van der Waals surface area contributed by atoms with Crippen LogP contribution in [0.3, 0.4) is 0 Å². The molecular weight excluding hydrogens is 327 g/mol. The summed E-state index contributed by atoms with van der Waals surface area (Å²) in [5, 5.41) is 0.850. The normalized spacial score (nSPS) is 11.9. The molecule has 1 heterocycles. The van der Waals surface area contributed by atoms with E-state index in [4.69, 9.17) is 11.6 Å². The Balaban J connectivity index is 2.33. The molecule has 0 aliphatic rings. The third kappa shape index (κ3) is 2.72. The predicted octanol–water partition coefficient (Wildman–Crippen LogP) is 4.88. The van der Waals surface area contributed by atoms with Gasteiger partial charge in [0.25, 0.3) is 5.56 Å². The quantitative estimate of drug-likeness (QED) is 0.620. The minimum Gasteiger partial charge on any atom is -0.311 e. The first-order chi connectivity index (χ1) is 10.8. The first-order valence-electron chi connectivity index (χ1n) is 6.75. The SMILES string of the molecule is Cn1c(=O)c(-c2cc(C(F)(F)F)ccc2Cl)cc2ccccc21. The number of benzene rings is 2. The fraction of sp³-hybridized carbons (Fsp3) is 0.118. The van der Waals surface area contributed by atoms with Crippen LogP contribution in [0.5, 0.6) is 0 Å². The number of fused-ring (bicyclic) bond motifs is 1. The molecule has 0 spiro atoms. The summed E-state index contributed by atoms with van der Waals surface area (Å²) < 4.78 is 40.2. The van der Waals surface area contributed by atoms with Crippen LogP contribution < -0.4 is 5.56 Å². The summed E-state index contributed by atoms with van der Waals surface area (Å²) in [7, 11) is 1.58. The van der Waals surface area contributed by atoms with E-state index in [9.17, 15) is 18.0 Å². The Morgan fingerprint density at radius 2 is 1.70 bits per heavy atom. The van der Waals surface area contributed by atoms with Crippen LogP contribution in [0, 0.1) is 0 Å². The standard InChI is InChI=1S/C17H11ClF3NO/c1-22-15-5-3-2-4-10(15)8-13(16(22)23)12-9-11(17(19,20)21)6-7-14(12)18/h2-9H,1H3. The summed E-state index contributed by atoms with van der Waals surface area (Å²) in [6, 6.07) is 11.7. The molecule has 1 aromatic heterocycles. The second kappa shape index (κ2) is 5.42. The van der Waals surface area contributed by atoms with Crippen LogP contribution in [0.2, 0.25) is 5.02 Å². The molecule has 0 aliphatic carbocycles. The van der Waals surface area contributed by atoms with Gasteiger partial charge in [-0.25, -0.2) is 0 Å². The minimum absolute atomic E-state index is 0.0767. The molecule has 23 heavy (non-hydrogen) atoms. The molecule has 0 fully saturated rings. The van der Waals surface area contributed by atoms with Gasteiger partial charge in [0.15, 0.2) is 0 Å². The second-order valence-corrected chi connectivity index (χ2v) is 5.58. The van der Waals surface area contributed by atoms with Crippen LogP contribution in [0.1, 0.15) is 5.56 Å². The molecular formula is C17H11ClF3NO. The van der Waals surface area contributed by atoms with Crippen molar-refractivity contribution in [2.24, 2.45) is 7.05 Å². The zero-order valence-corrected chi connectivity index (χ0v) is 12.7. The molecule has 0 amide bonds. The number of alkyl halides is 3. The lowest BCUT2D eigenvalue weighted by atomic mass is 10.0. The van der Waals surface area contributed by atoms with Crippen molar-refractivity contribution in [1.29, 1.82) is 0 Å². The Morgan fingerprint density at radius 1 is 1.00 bits per heavy atom. The first kappa shape index (κ1) is 15.6. The van der Waals surface area contributed by atoms with Gasteiger partial charge in [0, 0.05) is 23.2 Å². The third-order valence-corrected chi connectivity index (χ3v) is 4.05. The minimum atomic E-state index is -4.50. The van der Waals surface area contributed by atoms with Crippen molar-refractivity contribution in [2.45, 2.75) is 6.18 Å². The van der Waals surface area contributed by atoms with E-state index >= 15 is 0 Å². The summed E-state index contributed by atoms with van der Waals surface area (Å²) in [4.78, 5) is 12.5. The van der Waals surface area contributed by atoms with Crippen LogP contribution in [0.15, 0.2) is 53.3 Å². The highest BCUT2D eigenvalue weighted by Crippen LogP contribution is 2.35. The maximum atomic E-state index is 12.9. The summed E-state index contributed by atoms with van der Waals surface area (Å²) >= 11 is 6.04. The number of aryl methyl sites for hydroxylation is 1. The summed E-state index contributed by atoms with van der Waals surface area (Å²) in [5.41, 5.74) is -0.323. The van der Waals surface area contributed by atoms with Crippen molar-refractivity contribution >= 4 is 22.5 Å². The number of para-hydroxylation sites is 1. The van der Waals surface area contributed by atoms with Gasteiger partial charge in [0.1, 0.15) is 0 Å². The fourth-order valence-corrected chi connectivity index (χ4v) is 2.74. The van der Waals surface area contributed by atoms with E-state index in [1.165, 1.54) is 4.57 Å². The zero-order chi connectivity index (χ0) is 16.8. The van der Waals surface area contributed by atoms with Gasteiger partial charge in [0.2, 0.25) is 0 Å². The van der Waals surface area contributed by atoms with Crippen molar-refractivity contribution in [3.63, 3.8) is 0 Å². The lowest BCUT2D eigenvalue weighted by molar-refractivity contribution is -0.137. The van der Waals surface area contributed by atoms with Crippen LogP contribution in [-0.2, 0) is 13.2 Å². The molecule has 6 heteroatoms. The average Bonchev–Trinajstić information content (AvgIpc) is 2.50. The molecule has 0 saturated carbocycles. The van der Waals surface area contributed by atoms with E-state index in [0.717, 1.165) is 23.6 Å². The lowest BCUT2D eigenvalue weighted by Gasteiger charge is -2.12. The van der Waals surface area contributed by atoms with Gasteiger partial charge in [-0.2, -0.15) is 13.2 Å². The molecule has 2 aromatic carbocycles. The third-order valence-electron chi connectivity index (χ3n) is 3.72. The van der Waals surface area contributed by atoms with E-state index in [1.807, 2.05) is 0 Å². The van der Waals surface area contributed by atoms with E-state index < -0.39 is 17.3 Å². The summed E-state index contributed by atoms with van der Waals surface area (Å²) in [5.74, 6) is 0. The van der Waals surface area contributed by atoms with Gasteiger partial charge < -0.3 is 4.57 Å². The molecule has 0 unspecified atom stereocenters. The number of nitrogens with zero attached hydrogens (tertiary/aromatic N) is 1. The number of halogens is 4. The summed E-state index contributed by atoms with van der Waals surface area (Å²) in [6.45, 7) is 0.